The van der Waals surface area contributed by atoms with Crippen LogP contribution in [0.4, 0.5) is 4.79 Å². The number of likely N-dealkylation sites (tertiary alicyclic amines) is 1. The number of rotatable bonds is 9. The molecular formula is C33H41N3O6. The van der Waals surface area contributed by atoms with Crippen molar-refractivity contribution in [3.8, 4) is 0 Å². The normalized spacial score (nSPS) is 28.2. The van der Waals surface area contributed by atoms with Crippen molar-refractivity contribution in [2.24, 2.45) is 23.2 Å². The first kappa shape index (κ1) is 29.6. The van der Waals surface area contributed by atoms with E-state index in [0.29, 0.717) is 31.7 Å². The summed E-state index contributed by atoms with van der Waals surface area (Å²) in [4.78, 5) is 54.2. The number of benzene rings is 2. The molecule has 4 aliphatic rings. The number of nitrogens with one attached hydrogen (secondary N) is 2. The Hall–Kier alpha value is -3.88. The van der Waals surface area contributed by atoms with Crippen molar-refractivity contribution in [1.82, 2.24) is 15.5 Å². The van der Waals surface area contributed by atoms with Crippen LogP contribution in [0.15, 0.2) is 60.7 Å². The summed E-state index contributed by atoms with van der Waals surface area (Å²) < 4.78 is 5.53. The number of carbonyl (C=O) groups is 4. The fourth-order valence-corrected chi connectivity index (χ4v) is 7.49. The van der Waals surface area contributed by atoms with Gasteiger partial charge < -0.3 is 20.5 Å². The van der Waals surface area contributed by atoms with E-state index in [9.17, 15) is 24.3 Å². The van der Waals surface area contributed by atoms with Gasteiger partial charge in [-0.05, 0) is 61.0 Å². The Kier molecular flexibility index (Phi) is 8.30. The minimum absolute atomic E-state index is 0.0285. The highest BCUT2D eigenvalue weighted by Crippen LogP contribution is 2.64. The zero-order chi connectivity index (χ0) is 30.1. The number of amides is 3. The van der Waals surface area contributed by atoms with Crippen molar-refractivity contribution in [3.63, 3.8) is 0 Å². The van der Waals surface area contributed by atoms with E-state index in [1.807, 2.05) is 67.6 Å². The molecule has 2 bridgehead atoms. The number of nitrogens with zero attached hydrogens (tertiary/aromatic N) is 1. The zero-order valence-corrected chi connectivity index (χ0v) is 24.5. The predicted molar refractivity (Wildman–Crippen MR) is 156 cm³/mol. The average molecular weight is 576 g/mol. The second-order valence-corrected chi connectivity index (χ2v) is 12.8. The third-order valence-electron chi connectivity index (χ3n) is 10.0. The standard InChI is InChI=1S/C33H41N3O6/c1-32(2)23-18-24(28(37)34-25(30(39)40)17-21-11-6-4-7-12-21)33(3,27(32)19-23)35-29(38)26-15-10-16-36(26)31(41)42-20-22-13-8-5-9-14-22/h4-9,11-14,23-27H,10,15-20H2,1-3H3,(H,34,37)(H,35,38)(H,39,40)/t23-,24+,25+,26+,27+,33-/m1/s1. The average Bonchev–Trinajstić information content (AvgIpc) is 3.46. The van der Waals surface area contributed by atoms with Gasteiger partial charge >= 0.3 is 12.1 Å². The minimum Gasteiger partial charge on any atom is -0.480 e. The molecule has 9 nitrogen and oxygen atoms in total. The highest BCUT2D eigenvalue weighted by molar-refractivity contribution is 5.90. The van der Waals surface area contributed by atoms with Crippen LogP contribution in [0.3, 0.4) is 0 Å². The van der Waals surface area contributed by atoms with Gasteiger partial charge in [0, 0.05) is 13.0 Å². The molecule has 1 saturated heterocycles. The lowest BCUT2D eigenvalue weighted by Gasteiger charge is -2.66. The minimum atomic E-state index is -1.10. The number of hydrogen-bond donors (Lipinski definition) is 3. The van der Waals surface area contributed by atoms with Gasteiger partial charge in [-0.1, -0.05) is 74.5 Å². The molecule has 0 aromatic heterocycles. The van der Waals surface area contributed by atoms with Crippen molar-refractivity contribution >= 4 is 23.9 Å². The Balaban J connectivity index is 1.30. The first-order chi connectivity index (χ1) is 20.0. The molecule has 0 radical (unpaired) electrons. The quantitative estimate of drug-likeness (QED) is 0.413. The van der Waals surface area contributed by atoms with Crippen LogP contribution in [0, 0.1) is 23.2 Å². The van der Waals surface area contributed by atoms with Crippen molar-refractivity contribution < 1.29 is 29.0 Å². The monoisotopic (exact) mass is 575 g/mol. The van der Waals surface area contributed by atoms with Crippen LogP contribution in [0.25, 0.3) is 0 Å². The van der Waals surface area contributed by atoms with Crippen molar-refractivity contribution in [3.05, 3.63) is 71.8 Å². The maximum Gasteiger partial charge on any atom is 0.410 e. The van der Waals surface area contributed by atoms with Gasteiger partial charge in [-0.25, -0.2) is 9.59 Å². The molecule has 2 aromatic carbocycles. The van der Waals surface area contributed by atoms with E-state index in [1.165, 1.54) is 4.90 Å². The van der Waals surface area contributed by atoms with Gasteiger partial charge in [0.1, 0.15) is 18.7 Å². The molecule has 6 atom stereocenters. The molecule has 4 fully saturated rings. The summed E-state index contributed by atoms with van der Waals surface area (Å²) >= 11 is 0. The molecule has 2 aromatic rings. The van der Waals surface area contributed by atoms with Gasteiger partial charge in [0.2, 0.25) is 11.8 Å². The van der Waals surface area contributed by atoms with Crippen LogP contribution in [0.2, 0.25) is 0 Å². The third-order valence-corrected chi connectivity index (χ3v) is 10.0. The molecule has 1 heterocycles. The molecule has 3 aliphatic carbocycles. The predicted octanol–water partition coefficient (Wildman–Crippen LogP) is 4.16. The second kappa shape index (κ2) is 11.8. The second-order valence-electron chi connectivity index (χ2n) is 12.8. The number of carboxylic acids is 1. The molecule has 3 saturated carbocycles. The summed E-state index contributed by atoms with van der Waals surface area (Å²) in [6.45, 7) is 6.79. The van der Waals surface area contributed by atoms with Crippen LogP contribution in [-0.2, 0) is 32.1 Å². The van der Waals surface area contributed by atoms with Gasteiger partial charge in [0.25, 0.3) is 0 Å². The molecule has 3 amide bonds. The highest BCUT2D eigenvalue weighted by Gasteiger charge is 2.65. The maximum atomic E-state index is 13.8. The maximum absolute atomic E-state index is 13.8. The highest BCUT2D eigenvalue weighted by atomic mass is 16.6. The molecule has 3 N–H and O–H groups in total. The largest absolute Gasteiger partial charge is 0.480 e. The van der Waals surface area contributed by atoms with E-state index in [4.69, 9.17) is 4.74 Å². The first-order valence-electron chi connectivity index (χ1n) is 14.9. The van der Waals surface area contributed by atoms with Gasteiger partial charge in [-0.3, -0.25) is 14.5 Å². The topological polar surface area (TPSA) is 125 Å². The number of fused-ring (bicyclic) bond motifs is 2. The molecule has 0 spiro atoms. The van der Waals surface area contributed by atoms with E-state index in [0.717, 1.165) is 17.5 Å². The lowest BCUT2D eigenvalue weighted by atomic mass is 9.40. The summed E-state index contributed by atoms with van der Waals surface area (Å²) in [5.41, 5.74) is 0.689. The van der Waals surface area contributed by atoms with Gasteiger partial charge in [-0.2, -0.15) is 0 Å². The van der Waals surface area contributed by atoms with Gasteiger partial charge in [-0.15, -0.1) is 0 Å². The Morgan fingerprint density at radius 3 is 2.21 bits per heavy atom. The summed E-state index contributed by atoms with van der Waals surface area (Å²) in [7, 11) is 0. The molecule has 1 aliphatic heterocycles. The molecule has 9 heteroatoms. The van der Waals surface area contributed by atoms with Crippen molar-refractivity contribution in [1.29, 1.82) is 0 Å². The molecule has 6 rings (SSSR count). The number of carboxylic acid groups (broad SMARTS) is 1. The summed E-state index contributed by atoms with van der Waals surface area (Å²) in [5, 5.41) is 15.9. The van der Waals surface area contributed by atoms with Gasteiger partial charge in [0.15, 0.2) is 0 Å². The Labute approximate surface area is 247 Å². The van der Waals surface area contributed by atoms with Crippen LogP contribution in [-0.4, -0.2) is 58.1 Å². The number of hydrogen-bond acceptors (Lipinski definition) is 5. The zero-order valence-electron chi connectivity index (χ0n) is 24.5. The number of carbonyl (C=O) groups excluding carboxylic acids is 3. The van der Waals surface area contributed by atoms with Crippen LogP contribution < -0.4 is 10.6 Å². The Bertz CT molecular complexity index is 1320. The number of aliphatic carboxylic acids is 1. The fraction of sp³-hybridized carbons (Fsp3) is 0.515. The van der Waals surface area contributed by atoms with E-state index in [-0.39, 0.29) is 36.2 Å². The van der Waals surface area contributed by atoms with Crippen molar-refractivity contribution in [2.45, 2.75) is 77.1 Å². The van der Waals surface area contributed by atoms with Crippen LogP contribution in [0.1, 0.15) is 57.6 Å². The first-order valence-corrected chi connectivity index (χ1v) is 14.9. The molecular weight excluding hydrogens is 534 g/mol. The summed E-state index contributed by atoms with van der Waals surface area (Å²) in [6, 6.07) is 16.8. The van der Waals surface area contributed by atoms with Gasteiger partial charge in [0.05, 0.1) is 11.5 Å². The van der Waals surface area contributed by atoms with E-state index >= 15 is 0 Å². The molecule has 224 valence electrons. The molecule has 42 heavy (non-hydrogen) atoms. The Morgan fingerprint density at radius 1 is 0.952 bits per heavy atom. The molecule has 0 unspecified atom stereocenters. The lowest BCUT2D eigenvalue weighted by molar-refractivity contribution is -0.173. The third kappa shape index (κ3) is 5.74. The van der Waals surface area contributed by atoms with Crippen LogP contribution >= 0.6 is 0 Å². The van der Waals surface area contributed by atoms with E-state index in [1.54, 1.807) is 0 Å². The summed E-state index contributed by atoms with van der Waals surface area (Å²) in [5.74, 6) is -2.04. The SMILES string of the molecule is CC1(C)[C@@H]2C[C@@H](C(=O)N[C@@H](Cc3ccccc3)C(=O)O)[C@@](C)(NC(=O)[C@@H]3CCCN3C(=O)OCc3ccccc3)[C@H]1C2. The number of ether oxygens (including phenoxy) is 1. The Morgan fingerprint density at radius 2 is 1.60 bits per heavy atom. The summed E-state index contributed by atoms with van der Waals surface area (Å²) in [6.07, 6.45) is 2.25. The van der Waals surface area contributed by atoms with E-state index < -0.39 is 35.6 Å². The fourth-order valence-electron chi connectivity index (χ4n) is 7.49. The van der Waals surface area contributed by atoms with E-state index in [2.05, 4.69) is 24.5 Å². The van der Waals surface area contributed by atoms with Crippen LogP contribution in [0.5, 0.6) is 0 Å². The van der Waals surface area contributed by atoms with Crippen molar-refractivity contribution in [2.75, 3.05) is 6.54 Å². The lowest BCUT2D eigenvalue weighted by Crippen LogP contribution is -2.73. The smallest absolute Gasteiger partial charge is 0.410 e.